The van der Waals surface area contributed by atoms with Gasteiger partial charge in [0.1, 0.15) is 9.62 Å². The van der Waals surface area contributed by atoms with Crippen molar-refractivity contribution < 1.29 is 9.53 Å². The number of esters is 1. The van der Waals surface area contributed by atoms with Crippen LogP contribution in [-0.2, 0) is 9.53 Å². The lowest BCUT2D eigenvalue weighted by Crippen LogP contribution is -2.18. The van der Waals surface area contributed by atoms with E-state index in [9.17, 15) is 4.79 Å². The standard InChI is InChI=1S/C9H7IN2O2/c1-14-9(13)5-3-2-4-6-7(5)8(10)12-11-6/h2-5H,1H3/t5-/m1/s1. The number of allylic oxidation sites excluding steroid dienone is 3. The molecule has 0 spiro atoms. The molecule has 72 valence electrons. The van der Waals surface area contributed by atoms with E-state index >= 15 is 0 Å². The van der Waals surface area contributed by atoms with Crippen LogP contribution in [0.15, 0.2) is 43.4 Å². The predicted octanol–water partition coefficient (Wildman–Crippen LogP) is 2.34. The van der Waals surface area contributed by atoms with Gasteiger partial charge >= 0.3 is 5.97 Å². The van der Waals surface area contributed by atoms with Gasteiger partial charge in [-0.25, -0.2) is 0 Å². The normalized spacial score (nSPS) is 23.6. The summed E-state index contributed by atoms with van der Waals surface area (Å²) in [6.07, 6.45) is 5.43. The summed E-state index contributed by atoms with van der Waals surface area (Å²) in [6, 6.07) is 0. The number of carbonyl (C=O) groups is 1. The summed E-state index contributed by atoms with van der Waals surface area (Å²) in [5.74, 6) is -0.634. The Morgan fingerprint density at radius 1 is 1.57 bits per heavy atom. The Morgan fingerprint density at radius 2 is 2.36 bits per heavy atom. The third kappa shape index (κ3) is 1.41. The molecule has 0 saturated heterocycles. The number of ether oxygens (including phenoxy) is 1. The van der Waals surface area contributed by atoms with E-state index < -0.39 is 0 Å². The highest BCUT2D eigenvalue weighted by molar-refractivity contribution is 14.1. The van der Waals surface area contributed by atoms with Gasteiger partial charge in [-0.15, -0.1) is 10.2 Å². The van der Waals surface area contributed by atoms with E-state index in [-0.39, 0.29) is 11.9 Å². The maximum absolute atomic E-state index is 11.4. The van der Waals surface area contributed by atoms with E-state index in [0.29, 0.717) is 0 Å². The van der Waals surface area contributed by atoms with E-state index in [4.69, 9.17) is 4.74 Å². The van der Waals surface area contributed by atoms with Crippen molar-refractivity contribution in [1.29, 1.82) is 0 Å². The van der Waals surface area contributed by atoms with Crippen LogP contribution in [-0.4, -0.2) is 13.1 Å². The first-order chi connectivity index (χ1) is 6.74. The number of azo groups is 1. The molecule has 2 aliphatic rings. The summed E-state index contributed by atoms with van der Waals surface area (Å²) >= 11 is 2.07. The second kappa shape index (κ2) is 3.64. The van der Waals surface area contributed by atoms with Crippen LogP contribution in [0.5, 0.6) is 0 Å². The molecule has 0 aromatic rings. The number of fused-ring (bicyclic) bond motifs is 1. The van der Waals surface area contributed by atoms with E-state index in [2.05, 4.69) is 32.8 Å². The molecule has 1 atom stereocenters. The first kappa shape index (κ1) is 9.57. The minimum Gasteiger partial charge on any atom is -0.468 e. The van der Waals surface area contributed by atoms with Gasteiger partial charge < -0.3 is 4.74 Å². The number of rotatable bonds is 1. The number of nitrogens with zero attached hydrogens (tertiary/aromatic N) is 2. The smallest absolute Gasteiger partial charge is 0.317 e. The molecule has 0 saturated carbocycles. The third-order valence-corrected chi connectivity index (χ3v) is 2.86. The molecule has 1 aliphatic heterocycles. The summed E-state index contributed by atoms with van der Waals surface area (Å²) in [6.45, 7) is 0. The second-order valence-electron chi connectivity index (χ2n) is 2.84. The summed E-state index contributed by atoms with van der Waals surface area (Å²) in [5.41, 5.74) is 1.60. The fraction of sp³-hybridized carbons (Fsp3) is 0.222. The van der Waals surface area contributed by atoms with Crippen LogP contribution in [0.1, 0.15) is 0 Å². The molecule has 4 nitrogen and oxygen atoms in total. The zero-order valence-electron chi connectivity index (χ0n) is 7.40. The Balaban J connectivity index is 2.40. The molecular formula is C9H7IN2O2. The highest BCUT2D eigenvalue weighted by Gasteiger charge is 2.31. The molecule has 0 aromatic heterocycles. The van der Waals surface area contributed by atoms with Crippen molar-refractivity contribution in [2.45, 2.75) is 0 Å². The summed E-state index contributed by atoms with van der Waals surface area (Å²) < 4.78 is 5.47. The molecule has 1 aliphatic carbocycles. The molecule has 0 unspecified atom stereocenters. The maximum atomic E-state index is 11.4. The molecule has 14 heavy (non-hydrogen) atoms. The van der Waals surface area contributed by atoms with Crippen LogP contribution in [0.25, 0.3) is 0 Å². The topological polar surface area (TPSA) is 51.0 Å². The van der Waals surface area contributed by atoms with Crippen molar-refractivity contribution >= 4 is 28.6 Å². The quantitative estimate of drug-likeness (QED) is 0.424. The van der Waals surface area contributed by atoms with Gasteiger partial charge in [0.25, 0.3) is 0 Å². The predicted molar refractivity (Wildman–Crippen MR) is 58.6 cm³/mol. The minimum absolute atomic E-state index is 0.275. The molecule has 2 rings (SSSR count). The molecule has 0 amide bonds. The second-order valence-corrected chi connectivity index (χ2v) is 3.86. The van der Waals surface area contributed by atoms with Gasteiger partial charge in [-0.05, 0) is 28.7 Å². The average molecular weight is 302 g/mol. The maximum Gasteiger partial charge on any atom is 0.317 e. The van der Waals surface area contributed by atoms with Gasteiger partial charge in [-0.3, -0.25) is 4.79 Å². The minimum atomic E-state index is -0.359. The van der Waals surface area contributed by atoms with Crippen molar-refractivity contribution in [2.24, 2.45) is 16.1 Å². The SMILES string of the molecule is COC(=O)[C@@H]1C=CC=C2N=NC(I)=C21. The van der Waals surface area contributed by atoms with E-state index in [0.717, 1.165) is 15.0 Å². The Morgan fingerprint density at radius 3 is 3.07 bits per heavy atom. The largest absolute Gasteiger partial charge is 0.468 e. The number of carbonyl (C=O) groups excluding carboxylic acids is 1. The van der Waals surface area contributed by atoms with Crippen molar-refractivity contribution in [3.8, 4) is 0 Å². The monoisotopic (exact) mass is 302 g/mol. The molecule has 0 radical (unpaired) electrons. The summed E-state index contributed by atoms with van der Waals surface area (Å²) in [5, 5.41) is 7.87. The van der Waals surface area contributed by atoms with Crippen LogP contribution >= 0.6 is 22.6 Å². The molecule has 0 aromatic carbocycles. The first-order valence-corrected chi connectivity index (χ1v) is 5.10. The molecule has 0 bridgehead atoms. The van der Waals surface area contributed by atoms with Crippen molar-refractivity contribution in [2.75, 3.05) is 7.11 Å². The molecule has 0 fully saturated rings. The van der Waals surface area contributed by atoms with Gasteiger partial charge in [0, 0.05) is 5.57 Å². The summed E-state index contributed by atoms with van der Waals surface area (Å²) in [7, 11) is 1.38. The lowest BCUT2D eigenvalue weighted by molar-refractivity contribution is -0.142. The number of hydrogen-bond donors (Lipinski definition) is 0. The fourth-order valence-corrected chi connectivity index (χ4v) is 2.12. The molecule has 0 N–H and O–H groups in total. The Kier molecular flexibility index (Phi) is 2.49. The highest BCUT2D eigenvalue weighted by atomic mass is 127. The lowest BCUT2D eigenvalue weighted by Gasteiger charge is -2.14. The van der Waals surface area contributed by atoms with Crippen LogP contribution in [0.3, 0.4) is 0 Å². The third-order valence-electron chi connectivity index (χ3n) is 2.07. The highest BCUT2D eigenvalue weighted by Crippen LogP contribution is 2.38. The zero-order chi connectivity index (χ0) is 10.1. The van der Waals surface area contributed by atoms with Gasteiger partial charge in [-0.2, -0.15) is 0 Å². The number of hydrogen-bond acceptors (Lipinski definition) is 4. The zero-order valence-corrected chi connectivity index (χ0v) is 9.56. The van der Waals surface area contributed by atoms with Crippen LogP contribution in [0.4, 0.5) is 0 Å². The van der Waals surface area contributed by atoms with Gasteiger partial charge in [-0.1, -0.05) is 12.2 Å². The van der Waals surface area contributed by atoms with E-state index in [1.165, 1.54) is 7.11 Å². The Bertz CT molecular complexity index is 407. The van der Waals surface area contributed by atoms with Crippen LogP contribution in [0, 0.1) is 5.92 Å². The fourth-order valence-electron chi connectivity index (χ4n) is 1.40. The molecule has 1 heterocycles. The number of methoxy groups -OCH3 is 1. The lowest BCUT2D eigenvalue weighted by atomic mass is 9.93. The van der Waals surface area contributed by atoms with E-state index in [1.807, 2.05) is 6.08 Å². The van der Waals surface area contributed by atoms with Crippen molar-refractivity contribution in [3.05, 3.63) is 33.2 Å². The molecule has 5 heteroatoms. The molecular weight excluding hydrogens is 295 g/mol. The van der Waals surface area contributed by atoms with E-state index in [1.54, 1.807) is 12.2 Å². The average Bonchev–Trinajstić information content (AvgIpc) is 2.59. The Hall–Kier alpha value is -0.980. The van der Waals surface area contributed by atoms with Crippen LogP contribution in [0.2, 0.25) is 0 Å². The van der Waals surface area contributed by atoms with Crippen molar-refractivity contribution in [3.63, 3.8) is 0 Å². The Labute approximate surface area is 94.6 Å². The van der Waals surface area contributed by atoms with Gasteiger partial charge in [0.05, 0.1) is 12.8 Å². The van der Waals surface area contributed by atoms with Gasteiger partial charge in [0.2, 0.25) is 0 Å². The summed E-state index contributed by atoms with van der Waals surface area (Å²) in [4.78, 5) is 11.4. The van der Waals surface area contributed by atoms with Crippen LogP contribution < -0.4 is 0 Å². The number of halogens is 1. The van der Waals surface area contributed by atoms with Gasteiger partial charge in [0.15, 0.2) is 0 Å². The first-order valence-electron chi connectivity index (χ1n) is 4.02. The van der Waals surface area contributed by atoms with Crippen molar-refractivity contribution in [1.82, 2.24) is 0 Å².